The first-order chi connectivity index (χ1) is 17.6. The van der Waals surface area contributed by atoms with Gasteiger partial charge in [-0.1, -0.05) is 32.9 Å². The van der Waals surface area contributed by atoms with E-state index in [0.717, 1.165) is 12.1 Å². The van der Waals surface area contributed by atoms with Crippen molar-refractivity contribution >= 4 is 34.7 Å². The second-order valence-corrected chi connectivity index (χ2v) is 6.11. The maximum Gasteiger partial charge on any atom is 0.285 e. The van der Waals surface area contributed by atoms with Crippen LogP contribution in [0.15, 0.2) is 29.4 Å². The molecule has 0 heterocycles. The molecule has 16 heteroatoms. The molecule has 0 saturated carbocycles. The quantitative estimate of drug-likeness (QED) is 0.180. The summed E-state index contributed by atoms with van der Waals surface area (Å²) >= 11 is 0. The second-order valence-electron chi connectivity index (χ2n) is 6.11. The predicted molar refractivity (Wildman–Crippen MR) is 132 cm³/mol. The summed E-state index contributed by atoms with van der Waals surface area (Å²) in [5.41, 5.74) is -4.77. The highest BCUT2D eigenvalue weighted by Crippen LogP contribution is 2.50. The van der Waals surface area contributed by atoms with E-state index in [1.54, 1.807) is 14.2 Å². The molecule has 16 nitrogen and oxygen atoms in total. The third-order valence-corrected chi connectivity index (χ3v) is 4.08. The van der Waals surface area contributed by atoms with Crippen LogP contribution in [0, 0.1) is 40.5 Å². The van der Waals surface area contributed by atoms with Crippen LogP contribution in [0.2, 0.25) is 0 Å². The maximum absolute atomic E-state index is 11.6. The molecular formula is C21H25N5O11. The van der Waals surface area contributed by atoms with Gasteiger partial charge in [0, 0.05) is 37.5 Å². The lowest BCUT2D eigenvalue weighted by Gasteiger charge is -2.03. The van der Waals surface area contributed by atoms with E-state index < -0.39 is 49.0 Å². The van der Waals surface area contributed by atoms with Gasteiger partial charge in [-0.15, -0.1) is 0 Å². The fourth-order valence-corrected chi connectivity index (χ4v) is 3.00. The number of fused-ring (bicyclic) bond motifs is 3. The fourth-order valence-electron chi connectivity index (χ4n) is 3.00. The molecule has 0 aromatic heterocycles. The van der Waals surface area contributed by atoms with Crippen molar-refractivity contribution < 1.29 is 34.1 Å². The lowest BCUT2D eigenvalue weighted by Crippen LogP contribution is -2.04. The van der Waals surface area contributed by atoms with Gasteiger partial charge >= 0.3 is 0 Å². The summed E-state index contributed by atoms with van der Waals surface area (Å²) in [5.74, 6) is 0. The summed E-state index contributed by atoms with van der Waals surface area (Å²) in [4.78, 5) is 56.9. The zero-order chi connectivity index (χ0) is 28.9. The number of carbonyl (C=O) groups is 1. The first-order valence-electron chi connectivity index (χ1n) is 10.6. The van der Waals surface area contributed by atoms with Crippen molar-refractivity contribution in [2.24, 2.45) is 5.16 Å². The Balaban J connectivity index is 0.00000169. The fraction of sp³-hybridized carbons (Fsp3) is 0.333. The van der Waals surface area contributed by atoms with E-state index in [2.05, 4.69) is 9.89 Å². The van der Waals surface area contributed by atoms with Gasteiger partial charge in [0.25, 0.3) is 22.7 Å². The van der Waals surface area contributed by atoms with Crippen LogP contribution in [0.4, 0.5) is 22.7 Å². The number of carbonyl (C=O) groups excluding carboxylic acids is 1. The van der Waals surface area contributed by atoms with Gasteiger partial charge in [-0.3, -0.25) is 45.3 Å². The zero-order valence-electron chi connectivity index (χ0n) is 20.8. The predicted octanol–water partition coefficient (Wildman–Crippen LogP) is 4.58. The Bertz CT molecular complexity index is 1130. The summed E-state index contributed by atoms with van der Waals surface area (Å²) in [7, 11) is 3.25. The highest BCUT2D eigenvalue weighted by Gasteiger charge is 2.41. The molecule has 37 heavy (non-hydrogen) atoms. The molecule has 0 radical (unpaired) electrons. The lowest BCUT2D eigenvalue weighted by molar-refractivity contribution is -0.395. The Hall–Kier alpha value is -4.86. The van der Waals surface area contributed by atoms with E-state index in [-0.39, 0.29) is 28.0 Å². The average molecular weight is 523 g/mol. The van der Waals surface area contributed by atoms with Gasteiger partial charge in [0.05, 0.1) is 43.0 Å². The first-order valence-corrected chi connectivity index (χ1v) is 10.6. The number of nitrogens with zero attached hydrogens (tertiary/aromatic N) is 5. The molecule has 0 atom stereocenters. The summed E-state index contributed by atoms with van der Waals surface area (Å²) in [5, 5.41) is 49.1. The third-order valence-electron chi connectivity index (χ3n) is 4.08. The molecule has 0 saturated heterocycles. The van der Waals surface area contributed by atoms with Gasteiger partial charge in [0.2, 0.25) is 0 Å². The van der Waals surface area contributed by atoms with Crippen LogP contribution in [0.1, 0.15) is 38.8 Å². The molecule has 0 bridgehead atoms. The lowest BCUT2D eigenvalue weighted by atomic mass is 10.0. The van der Waals surface area contributed by atoms with Gasteiger partial charge in [-0.25, -0.2) is 0 Å². The number of rotatable bonds is 7. The number of nitro benzene ring substituents is 4. The van der Waals surface area contributed by atoms with Gasteiger partial charge < -0.3 is 9.57 Å². The number of hydrogen-bond donors (Lipinski definition) is 0. The van der Waals surface area contributed by atoms with E-state index in [9.17, 15) is 45.3 Å². The molecule has 0 aliphatic heterocycles. The highest BCUT2D eigenvalue weighted by atomic mass is 16.6. The largest absolute Gasteiger partial charge is 0.388 e. The van der Waals surface area contributed by atoms with Crippen molar-refractivity contribution in [1.29, 1.82) is 0 Å². The van der Waals surface area contributed by atoms with Crippen molar-refractivity contribution in [1.82, 2.24) is 0 Å². The van der Waals surface area contributed by atoms with Gasteiger partial charge in [-0.2, -0.15) is 0 Å². The van der Waals surface area contributed by atoms with Crippen LogP contribution in [0.3, 0.4) is 0 Å². The highest BCUT2D eigenvalue weighted by molar-refractivity contribution is 6.27. The monoisotopic (exact) mass is 523 g/mol. The molecule has 0 spiro atoms. The van der Waals surface area contributed by atoms with Crippen molar-refractivity contribution in [3.63, 3.8) is 0 Å². The first kappa shape index (κ1) is 32.1. The molecule has 0 N–H and O–H groups in total. The summed E-state index contributed by atoms with van der Waals surface area (Å²) in [6.07, 6.45) is 0.312. The summed E-state index contributed by atoms with van der Waals surface area (Å²) in [6, 6.07) is 2.98. The number of hydrogen-bond acceptors (Lipinski definition) is 12. The van der Waals surface area contributed by atoms with E-state index in [4.69, 9.17) is 4.84 Å². The van der Waals surface area contributed by atoms with Crippen LogP contribution in [0.25, 0.3) is 11.1 Å². The van der Waals surface area contributed by atoms with Crippen molar-refractivity contribution in [3.8, 4) is 11.1 Å². The van der Waals surface area contributed by atoms with E-state index in [1.165, 1.54) is 0 Å². The minimum Gasteiger partial charge on any atom is -0.388 e. The Labute approximate surface area is 210 Å². The molecule has 0 fully saturated rings. The normalized spacial score (nSPS) is 9.95. The van der Waals surface area contributed by atoms with E-state index in [1.807, 2.05) is 27.7 Å². The van der Waals surface area contributed by atoms with Crippen LogP contribution >= 0.6 is 0 Å². The van der Waals surface area contributed by atoms with Crippen LogP contribution in [0.5, 0.6) is 0 Å². The number of nitro groups is 4. The second kappa shape index (κ2) is 15.2. The molecule has 3 rings (SSSR count). The maximum atomic E-state index is 11.6. The van der Waals surface area contributed by atoms with Gasteiger partial charge in [-0.05, 0) is 0 Å². The van der Waals surface area contributed by atoms with Crippen LogP contribution in [-0.4, -0.2) is 52.5 Å². The number of non-ortho nitro benzene ring substituents is 2. The Morgan fingerprint density at radius 2 is 1.08 bits per heavy atom. The van der Waals surface area contributed by atoms with Crippen molar-refractivity contribution in [3.05, 3.63) is 75.8 Å². The SMILES string of the molecule is CC.CC.COC.O=CCON=C1c2cc([N+](=O)[O-])cc([N+](=O)[O-])c2-c2c1cc([N+](=O)[O-])cc2[N+](=O)[O-]. The summed E-state index contributed by atoms with van der Waals surface area (Å²) < 4.78 is 4.25. The zero-order valence-corrected chi connectivity index (χ0v) is 20.8. The molecule has 2 aromatic rings. The van der Waals surface area contributed by atoms with Crippen molar-refractivity contribution in [2.75, 3.05) is 20.8 Å². The number of methoxy groups -OCH3 is 1. The molecule has 1 aliphatic rings. The molecule has 2 aromatic carbocycles. The molecular weight excluding hydrogens is 498 g/mol. The molecule has 200 valence electrons. The van der Waals surface area contributed by atoms with Crippen molar-refractivity contribution in [2.45, 2.75) is 27.7 Å². The van der Waals surface area contributed by atoms with E-state index in [0.29, 0.717) is 18.4 Å². The standard InChI is InChI=1S/C15H7N5O10.C2H6O.2C2H6/c21-1-2-30-16-15-9-3-7(17(22)23)5-11(19(26)27)13(9)14-10(15)4-8(18(24)25)6-12(14)20(28)29;1-3-2;2*1-2/h1,3-6H,2H2;1-2H3;2*1-2H3. The van der Waals surface area contributed by atoms with E-state index >= 15 is 0 Å². The minimum atomic E-state index is -0.976. The number of aldehydes is 1. The van der Waals surface area contributed by atoms with Crippen LogP contribution in [-0.2, 0) is 14.4 Å². The molecule has 1 aliphatic carbocycles. The number of benzene rings is 2. The number of ether oxygens (including phenoxy) is 1. The number of oxime groups is 1. The molecule has 0 unspecified atom stereocenters. The average Bonchev–Trinajstić information content (AvgIpc) is 3.19. The topological polar surface area (TPSA) is 220 Å². The van der Waals surface area contributed by atoms with Gasteiger partial charge in [0.1, 0.15) is 5.71 Å². The van der Waals surface area contributed by atoms with Gasteiger partial charge in [0.15, 0.2) is 12.9 Å². The Morgan fingerprint density at radius 3 is 1.35 bits per heavy atom. The Kier molecular flexibility index (Phi) is 13.2. The smallest absolute Gasteiger partial charge is 0.285 e. The molecule has 0 amide bonds. The van der Waals surface area contributed by atoms with Crippen LogP contribution < -0.4 is 0 Å². The minimum absolute atomic E-state index is 0.277. The Morgan fingerprint density at radius 1 is 0.730 bits per heavy atom. The third kappa shape index (κ3) is 7.31. The summed E-state index contributed by atoms with van der Waals surface area (Å²) in [6.45, 7) is 7.43.